The molecule has 214 valence electrons. The molecule has 40 heavy (non-hydrogen) atoms. The largest absolute Gasteiger partial charge is 0.481 e. The van der Waals surface area contributed by atoms with Crippen LogP contribution in [0.3, 0.4) is 0 Å². The molecule has 3 aromatic rings. The van der Waals surface area contributed by atoms with E-state index in [0.29, 0.717) is 37.4 Å². The van der Waals surface area contributed by atoms with Gasteiger partial charge in [0.25, 0.3) is 0 Å². The lowest BCUT2D eigenvalue weighted by molar-refractivity contribution is -0.0258. The topological polar surface area (TPSA) is 94.6 Å². The van der Waals surface area contributed by atoms with Crippen LogP contribution in [0.5, 0.6) is 5.88 Å². The number of carbonyl (C=O) groups excluding carboxylic acids is 1. The highest BCUT2D eigenvalue weighted by atomic mass is 19.1. The van der Waals surface area contributed by atoms with Crippen molar-refractivity contribution in [3.63, 3.8) is 0 Å². The summed E-state index contributed by atoms with van der Waals surface area (Å²) in [4.78, 5) is 21.8. The van der Waals surface area contributed by atoms with Crippen molar-refractivity contribution in [3.8, 4) is 5.88 Å². The molecule has 3 heterocycles. The minimum absolute atomic E-state index is 0.0770. The molecule has 4 rings (SSSR count). The number of halogens is 2. The fourth-order valence-electron chi connectivity index (χ4n) is 4.62. The summed E-state index contributed by atoms with van der Waals surface area (Å²) in [5.74, 6) is -0.471. The molecule has 1 saturated heterocycles. The van der Waals surface area contributed by atoms with E-state index >= 15 is 0 Å². The van der Waals surface area contributed by atoms with Gasteiger partial charge >= 0.3 is 6.09 Å². The summed E-state index contributed by atoms with van der Waals surface area (Å²) in [5.41, 5.74) is 1.90. The number of nitrogens with zero attached hydrogens (tertiary/aromatic N) is 2. The third kappa shape index (κ3) is 8.19. The number of hydrogen-bond donors (Lipinski definition) is 2. The van der Waals surface area contributed by atoms with E-state index in [2.05, 4.69) is 20.6 Å². The normalized spacial score (nSPS) is 18.6. The molecule has 0 spiro atoms. The lowest BCUT2D eigenvalue weighted by Gasteiger charge is -2.35. The zero-order chi connectivity index (χ0) is 28.7. The van der Waals surface area contributed by atoms with Gasteiger partial charge in [-0.05, 0) is 75.9 Å². The maximum absolute atomic E-state index is 13.8. The molecule has 0 unspecified atom stereocenters. The van der Waals surface area contributed by atoms with Gasteiger partial charge in [-0.2, -0.15) is 0 Å². The fourth-order valence-corrected chi connectivity index (χ4v) is 4.62. The smallest absolute Gasteiger partial charge is 0.407 e. The van der Waals surface area contributed by atoms with Gasteiger partial charge in [0.1, 0.15) is 17.2 Å². The molecule has 10 heteroatoms. The van der Waals surface area contributed by atoms with Crippen LogP contribution < -0.4 is 15.4 Å². The average molecular weight is 555 g/mol. The number of pyridine rings is 2. The number of alkyl carbamates (subject to hydrolysis) is 1. The first-order chi connectivity index (χ1) is 19.1. The summed E-state index contributed by atoms with van der Waals surface area (Å²) < 4.78 is 44.3. The Morgan fingerprint density at radius 2 is 2.02 bits per heavy atom. The first-order valence-corrected chi connectivity index (χ1v) is 13.4. The van der Waals surface area contributed by atoms with Crippen LogP contribution >= 0.6 is 0 Å². The van der Waals surface area contributed by atoms with E-state index in [9.17, 15) is 13.6 Å². The molecule has 0 radical (unpaired) electrons. The SMILES string of the molecule is COc1ccc2nccc(C[C@H](NC(=O)OC(C)(C)C)[C@@H]3CC[C@@H](NC/C=C/c4cc(F)ccc4F)CO3)c2n1. The van der Waals surface area contributed by atoms with Crippen LogP contribution in [-0.2, 0) is 15.9 Å². The summed E-state index contributed by atoms with van der Waals surface area (Å²) in [7, 11) is 1.56. The zero-order valence-corrected chi connectivity index (χ0v) is 23.2. The van der Waals surface area contributed by atoms with Crippen LogP contribution in [0, 0.1) is 11.6 Å². The Hall–Kier alpha value is -3.63. The molecule has 8 nitrogen and oxygen atoms in total. The molecule has 2 aromatic heterocycles. The van der Waals surface area contributed by atoms with Crippen molar-refractivity contribution < 1.29 is 27.8 Å². The van der Waals surface area contributed by atoms with E-state index in [-0.39, 0.29) is 23.8 Å². The molecule has 0 saturated carbocycles. The Morgan fingerprint density at radius 1 is 1.20 bits per heavy atom. The van der Waals surface area contributed by atoms with Gasteiger partial charge in [0.05, 0.1) is 36.9 Å². The first kappa shape index (κ1) is 29.4. The zero-order valence-electron chi connectivity index (χ0n) is 23.2. The maximum atomic E-state index is 13.8. The summed E-state index contributed by atoms with van der Waals surface area (Å²) in [6.07, 6.45) is 6.23. The summed E-state index contributed by atoms with van der Waals surface area (Å²) in [5, 5.41) is 6.39. The van der Waals surface area contributed by atoms with Crippen LogP contribution in [0.25, 0.3) is 17.1 Å². The second-order valence-electron chi connectivity index (χ2n) is 10.8. The predicted molar refractivity (Wildman–Crippen MR) is 149 cm³/mol. The highest BCUT2D eigenvalue weighted by Crippen LogP contribution is 2.24. The van der Waals surface area contributed by atoms with Gasteiger partial charge in [-0.3, -0.25) is 4.98 Å². The van der Waals surface area contributed by atoms with Gasteiger partial charge in [0.15, 0.2) is 0 Å². The molecule has 1 fully saturated rings. The van der Waals surface area contributed by atoms with Crippen LogP contribution in [0.1, 0.15) is 44.7 Å². The summed E-state index contributed by atoms with van der Waals surface area (Å²) in [6.45, 7) is 6.36. The second kappa shape index (κ2) is 13.1. The summed E-state index contributed by atoms with van der Waals surface area (Å²) in [6, 6.07) is 8.58. The highest BCUT2D eigenvalue weighted by Gasteiger charge is 2.31. The van der Waals surface area contributed by atoms with Gasteiger partial charge in [-0.15, -0.1) is 0 Å². The van der Waals surface area contributed by atoms with Crippen molar-refractivity contribution in [3.05, 3.63) is 71.4 Å². The molecule has 0 bridgehead atoms. The number of fused-ring (bicyclic) bond motifs is 1. The van der Waals surface area contributed by atoms with Gasteiger partial charge in [-0.25, -0.2) is 18.6 Å². The maximum Gasteiger partial charge on any atom is 0.407 e. The van der Waals surface area contributed by atoms with E-state index in [1.54, 1.807) is 31.5 Å². The van der Waals surface area contributed by atoms with Crippen molar-refractivity contribution in [1.29, 1.82) is 0 Å². The number of ether oxygens (including phenoxy) is 3. The number of hydrogen-bond acceptors (Lipinski definition) is 7. The third-order valence-corrected chi connectivity index (χ3v) is 6.53. The fraction of sp³-hybridized carbons (Fsp3) is 0.433. The molecule has 0 aliphatic carbocycles. The number of methoxy groups -OCH3 is 1. The van der Waals surface area contributed by atoms with Gasteiger partial charge < -0.3 is 24.8 Å². The lowest BCUT2D eigenvalue weighted by Crippen LogP contribution is -2.51. The van der Waals surface area contributed by atoms with Gasteiger partial charge in [0, 0.05) is 30.4 Å². The Balaban J connectivity index is 1.41. The minimum Gasteiger partial charge on any atom is -0.481 e. The number of amides is 1. The van der Waals surface area contributed by atoms with E-state index in [1.165, 1.54) is 0 Å². The Kier molecular flexibility index (Phi) is 9.65. The van der Waals surface area contributed by atoms with Crippen LogP contribution in [-0.4, -0.2) is 60.1 Å². The Labute approximate surface area is 233 Å². The molecule has 3 atom stereocenters. The Bertz CT molecular complexity index is 1340. The van der Waals surface area contributed by atoms with Gasteiger partial charge in [-0.1, -0.05) is 12.2 Å². The molecule has 1 aliphatic rings. The lowest BCUT2D eigenvalue weighted by atomic mass is 9.94. The number of carbonyl (C=O) groups is 1. The van der Waals surface area contributed by atoms with E-state index in [4.69, 9.17) is 14.2 Å². The molecule has 1 aliphatic heterocycles. The third-order valence-electron chi connectivity index (χ3n) is 6.53. The summed E-state index contributed by atoms with van der Waals surface area (Å²) >= 11 is 0. The number of nitrogens with one attached hydrogen (secondary N) is 2. The van der Waals surface area contributed by atoms with Crippen molar-refractivity contribution in [2.24, 2.45) is 0 Å². The highest BCUT2D eigenvalue weighted by molar-refractivity contribution is 5.78. The first-order valence-electron chi connectivity index (χ1n) is 13.4. The van der Waals surface area contributed by atoms with Crippen molar-refractivity contribution in [2.75, 3.05) is 20.3 Å². The standard InChI is InChI=1S/C30H36F2N4O4/c1-30(2,3)40-29(37)35-25(17-20-13-15-34-24-10-12-27(38-4)36-28(20)24)26-11-8-22(18-39-26)33-14-5-6-19-16-21(31)7-9-23(19)32/h5-7,9-10,12-13,15-16,22,25-26,33H,8,11,14,17-18H2,1-4H3,(H,35,37)/b6-5+/t22-,25+,26+/m1/s1. The number of benzene rings is 1. The molecule has 1 aromatic carbocycles. The predicted octanol–water partition coefficient (Wildman–Crippen LogP) is 5.20. The molecular weight excluding hydrogens is 518 g/mol. The van der Waals surface area contributed by atoms with Gasteiger partial charge in [0.2, 0.25) is 5.88 Å². The molecular formula is C30H36F2N4O4. The molecule has 2 N–H and O–H groups in total. The van der Waals surface area contributed by atoms with Crippen molar-refractivity contribution in [2.45, 2.75) is 63.8 Å². The minimum atomic E-state index is -0.642. The number of rotatable bonds is 9. The molecule has 1 amide bonds. The monoisotopic (exact) mass is 554 g/mol. The Morgan fingerprint density at radius 3 is 2.75 bits per heavy atom. The quantitative estimate of drug-likeness (QED) is 0.375. The number of aromatic nitrogens is 2. The van der Waals surface area contributed by atoms with E-state index in [0.717, 1.165) is 35.7 Å². The van der Waals surface area contributed by atoms with Crippen LogP contribution in [0.4, 0.5) is 13.6 Å². The van der Waals surface area contributed by atoms with Crippen molar-refractivity contribution >= 4 is 23.2 Å². The van der Waals surface area contributed by atoms with Crippen LogP contribution in [0.2, 0.25) is 0 Å². The van der Waals surface area contributed by atoms with E-state index < -0.39 is 23.3 Å². The van der Waals surface area contributed by atoms with E-state index in [1.807, 2.05) is 32.9 Å². The second-order valence-corrected chi connectivity index (χ2v) is 10.8. The van der Waals surface area contributed by atoms with Crippen LogP contribution in [0.15, 0.2) is 48.7 Å². The van der Waals surface area contributed by atoms with Crippen molar-refractivity contribution in [1.82, 2.24) is 20.6 Å². The average Bonchev–Trinajstić information content (AvgIpc) is 2.91.